The predicted molar refractivity (Wildman–Crippen MR) is 62.0 cm³/mol. The highest BCUT2D eigenvalue weighted by Crippen LogP contribution is 2.31. The second-order valence-electron chi connectivity index (χ2n) is 5.09. The second kappa shape index (κ2) is 5.15. The van der Waals surface area contributed by atoms with Crippen LogP contribution in [0, 0.1) is 5.92 Å². The minimum absolute atomic E-state index is 0.0803. The Bertz CT molecular complexity index is 247. The van der Waals surface area contributed by atoms with E-state index < -0.39 is 5.60 Å². The average Bonchev–Trinajstić information content (AvgIpc) is 2.21. The van der Waals surface area contributed by atoms with Crippen molar-refractivity contribution in [2.24, 2.45) is 5.92 Å². The van der Waals surface area contributed by atoms with Gasteiger partial charge >= 0.3 is 0 Å². The summed E-state index contributed by atoms with van der Waals surface area (Å²) in [5.41, 5.74) is -0.782. The Morgan fingerprint density at radius 2 is 2.12 bits per heavy atom. The van der Waals surface area contributed by atoms with Crippen LogP contribution in [0.3, 0.4) is 0 Å². The van der Waals surface area contributed by atoms with Gasteiger partial charge in [-0.25, -0.2) is 0 Å². The Morgan fingerprint density at radius 1 is 1.56 bits per heavy atom. The average molecular weight is 229 g/mol. The van der Waals surface area contributed by atoms with Crippen molar-refractivity contribution in [1.29, 1.82) is 0 Å². The zero-order valence-electron chi connectivity index (χ0n) is 10.6. The van der Waals surface area contributed by atoms with E-state index in [2.05, 4.69) is 12.2 Å². The van der Waals surface area contributed by atoms with Gasteiger partial charge in [-0.2, -0.15) is 0 Å². The monoisotopic (exact) mass is 229 g/mol. The van der Waals surface area contributed by atoms with Gasteiger partial charge in [-0.3, -0.25) is 4.79 Å². The van der Waals surface area contributed by atoms with E-state index in [1.165, 1.54) is 7.11 Å². The van der Waals surface area contributed by atoms with Crippen LogP contribution in [0.15, 0.2) is 0 Å². The summed E-state index contributed by atoms with van der Waals surface area (Å²) >= 11 is 0. The molecule has 4 nitrogen and oxygen atoms in total. The normalized spacial score (nSPS) is 27.1. The molecule has 0 heterocycles. The molecule has 1 atom stereocenters. The van der Waals surface area contributed by atoms with E-state index in [0.717, 1.165) is 19.3 Å². The van der Waals surface area contributed by atoms with Crippen LogP contribution in [0.4, 0.5) is 0 Å². The van der Waals surface area contributed by atoms with Crippen molar-refractivity contribution in [3.05, 3.63) is 0 Å². The SMILES string of the molecule is CC[C@@H](NC(=O)C(C)(C)OC)C1CC(O)C1. The standard InChI is InChI=1S/C12H23NO3/c1-5-10(8-6-9(14)7-8)13-11(15)12(2,3)16-4/h8-10,14H,5-7H2,1-4H3,(H,13,15)/t8?,9?,10-/m1/s1. The number of ether oxygens (including phenoxy) is 1. The number of methoxy groups -OCH3 is 1. The number of amides is 1. The quantitative estimate of drug-likeness (QED) is 0.741. The van der Waals surface area contributed by atoms with E-state index in [0.29, 0.717) is 5.92 Å². The molecule has 2 N–H and O–H groups in total. The molecule has 16 heavy (non-hydrogen) atoms. The molecule has 1 fully saturated rings. The molecule has 0 bridgehead atoms. The first-order chi connectivity index (χ1) is 7.40. The molecule has 0 aliphatic heterocycles. The van der Waals surface area contributed by atoms with E-state index in [4.69, 9.17) is 4.74 Å². The van der Waals surface area contributed by atoms with Crippen molar-refractivity contribution in [1.82, 2.24) is 5.32 Å². The molecule has 1 rings (SSSR count). The van der Waals surface area contributed by atoms with Crippen molar-refractivity contribution in [3.63, 3.8) is 0 Å². The van der Waals surface area contributed by atoms with Gasteiger partial charge in [0, 0.05) is 13.2 Å². The third-order valence-electron chi connectivity index (χ3n) is 3.53. The third kappa shape index (κ3) is 2.95. The molecule has 1 aliphatic rings. The fourth-order valence-electron chi connectivity index (χ4n) is 1.95. The molecule has 1 aliphatic carbocycles. The first-order valence-corrected chi connectivity index (χ1v) is 5.95. The first-order valence-electron chi connectivity index (χ1n) is 5.95. The minimum atomic E-state index is -0.782. The molecule has 0 saturated heterocycles. The molecular formula is C12H23NO3. The molecule has 0 aromatic heterocycles. The summed E-state index contributed by atoms with van der Waals surface area (Å²) in [6.45, 7) is 5.56. The summed E-state index contributed by atoms with van der Waals surface area (Å²) in [7, 11) is 1.54. The topological polar surface area (TPSA) is 58.6 Å². The molecule has 0 spiro atoms. The van der Waals surface area contributed by atoms with Crippen LogP contribution in [0.25, 0.3) is 0 Å². The first kappa shape index (κ1) is 13.5. The van der Waals surface area contributed by atoms with Crippen LogP contribution in [-0.4, -0.2) is 35.9 Å². The number of hydrogen-bond acceptors (Lipinski definition) is 3. The second-order valence-corrected chi connectivity index (χ2v) is 5.09. The summed E-state index contributed by atoms with van der Waals surface area (Å²) in [5, 5.41) is 12.3. The number of nitrogens with one attached hydrogen (secondary N) is 1. The number of carbonyl (C=O) groups excluding carboxylic acids is 1. The highest BCUT2D eigenvalue weighted by Gasteiger charge is 2.36. The van der Waals surface area contributed by atoms with Gasteiger partial charge in [-0.1, -0.05) is 6.92 Å². The van der Waals surface area contributed by atoms with Crippen LogP contribution in [0.2, 0.25) is 0 Å². The Kier molecular flexibility index (Phi) is 4.33. The lowest BCUT2D eigenvalue weighted by Gasteiger charge is -2.38. The van der Waals surface area contributed by atoms with Crippen molar-refractivity contribution >= 4 is 5.91 Å². The van der Waals surface area contributed by atoms with Gasteiger partial charge in [0.1, 0.15) is 5.60 Å². The van der Waals surface area contributed by atoms with Crippen LogP contribution < -0.4 is 5.32 Å². The molecule has 0 radical (unpaired) electrons. The molecule has 0 aromatic carbocycles. The van der Waals surface area contributed by atoms with E-state index in [-0.39, 0.29) is 18.1 Å². The third-order valence-corrected chi connectivity index (χ3v) is 3.53. The van der Waals surface area contributed by atoms with E-state index in [1.54, 1.807) is 13.8 Å². The summed E-state index contributed by atoms with van der Waals surface area (Å²) in [4.78, 5) is 11.9. The lowest BCUT2D eigenvalue weighted by Crippen LogP contribution is -2.52. The van der Waals surface area contributed by atoms with Crippen LogP contribution >= 0.6 is 0 Å². The number of aliphatic hydroxyl groups excluding tert-OH is 1. The fraction of sp³-hybridized carbons (Fsp3) is 0.917. The molecule has 1 saturated carbocycles. The summed E-state index contributed by atoms with van der Waals surface area (Å²) in [6, 6.07) is 0.158. The molecule has 94 valence electrons. The van der Waals surface area contributed by atoms with E-state index >= 15 is 0 Å². The van der Waals surface area contributed by atoms with Gasteiger partial charge in [-0.15, -0.1) is 0 Å². The smallest absolute Gasteiger partial charge is 0.251 e. The predicted octanol–water partition coefficient (Wildman–Crippen LogP) is 1.08. The maximum atomic E-state index is 11.9. The summed E-state index contributed by atoms with van der Waals surface area (Å²) in [5.74, 6) is 0.333. The van der Waals surface area contributed by atoms with E-state index in [1.807, 2.05) is 0 Å². The highest BCUT2D eigenvalue weighted by molar-refractivity contribution is 5.84. The van der Waals surface area contributed by atoms with Crippen LogP contribution in [0.5, 0.6) is 0 Å². The highest BCUT2D eigenvalue weighted by atomic mass is 16.5. The molecule has 0 unspecified atom stereocenters. The zero-order valence-corrected chi connectivity index (χ0v) is 10.6. The zero-order chi connectivity index (χ0) is 12.3. The maximum Gasteiger partial charge on any atom is 0.251 e. The number of rotatable bonds is 5. The van der Waals surface area contributed by atoms with Crippen LogP contribution in [-0.2, 0) is 9.53 Å². The molecule has 4 heteroatoms. The Labute approximate surface area is 97.4 Å². The van der Waals surface area contributed by atoms with Crippen molar-refractivity contribution in [3.8, 4) is 0 Å². The molecule has 1 amide bonds. The molecular weight excluding hydrogens is 206 g/mol. The van der Waals surface area contributed by atoms with Gasteiger partial charge in [0.15, 0.2) is 0 Å². The number of carbonyl (C=O) groups is 1. The van der Waals surface area contributed by atoms with E-state index in [9.17, 15) is 9.90 Å². The lowest BCUT2D eigenvalue weighted by molar-refractivity contribution is -0.141. The number of aliphatic hydroxyl groups is 1. The van der Waals surface area contributed by atoms with Gasteiger partial charge in [-0.05, 0) is 39.0 Å². The summed E-state index contributed by atoms with van der Waals surface area (Å²) in [6.07, 6.45) is 2.31. The Morgan fingerprint density at radius 3 is 2.50 bits per heavy atom. The van der Waals surface area contributed by atoms with Gasteiger partial charge < -0.3 is 15.2 Å². The Balaban J connectivity index is 2.47. The maximum absolute atomic E-state index is 11.9. The largest absolute Gasteiger partial charge is 0.393 e. The van der Waals surface area contributed by atoms with Crippen molar-refractivity contribution in [2.45, 2.75) is 57.8 Å². The van der Waals surface area contributed by atoms with Crippen LogP contribution in [0.1, 0.15) is 40.0 Å². The van der Waals surface area contributed by atoms with Crippen molar-refractivity contribution in [2.75, 3.05) is 7.11 Å². The van der Waals surface area contributed by atoms with Gasteiger partial charge in [0.05, 0.1) is 6.10 Å². The van der Waals surface area contributed by atoms with Gasteiger partial charge in [0.2, 0.25) is 0 Å². The van der Waals surface area contributed by atoms with Crippen molar-refractivity contribution < 1.29 is 14.6 Å². The lowest BCUT2D eigenvalue weighted by atomic mass is 9.76. The fourth-order valence-corrected chi connectivity index (χ4v) is 1.95. The van der Waals surface area contributed by atoms with Gasteiger partial charge in [0.25, 0.3) is 5.91 Å². The summed E-state index contributed by atoms with van der Waals surface area (Å²) < 4.78 is 5.14. The Hall–Kier alpha value is -0.610. The minimum Gasteiger partial charge on any atom is -0.393 e. The number of hydrogen-bond donors (Lipinski definition) is 2. The molecule has 0 aromatic rings.